The van der Waals surface area contributed by atoms with Crippen LogP contribution < -0.4 is 19.5 Å². The van der Waals surface area contributed by atoms with Gasteiger partial charge in [-0.25, -0.2) is 0 Å². The summed E-state index contributed by atoms with van der Waals surface area (Å²) in [5.74, 6) is 2.38. The molecule has 134 valence electrons. The monoisotopic (exact) mass is 343 g/mol. The molecule has 0 radical (unpaired) electrons. The summed E-state index contributed by atoms with van der Waals surface area (Å²) in [5.41, 5.74) is 0.979. The summed E-state index contributed by atoms with van der Waals surface area (Å²) in [5, 5.41) is 2.92. The topological polar surface area (TPSA) is 56.8 Å². The van der Waals surface area contributed by atoms with Gasteiger partial charge in [0.2, 0.25) is 5.91 Å². The van der Waals surface area contributed by atoms with Crippen molar-refractivity contribution in [2.75, 3.05) is 20.3 Å². The fraction of sp³-hybridized carbons (Fsp3) is 0.350. The molecule has 2 aromatic carbocycles. The Kier molecular flexibility index (Phi) is 7.63. The molecule has 0 atom stereocenters. The van der Waals surface area contributed by atoms with Crippen LogP contribution in [0.2, 0.25) is 0 Å². The lowest BCUT2D eigenvalue weighted by Gasteiger charge is -2.11. The second-order valence-corrected chi connectivity index (χ2v) is 5.45. The van der Waals surface area contributed by atoms with Crippen molar-refractivity contribution in [3.63, 3.8) is 0 Å². The maximum atomic E-state index is 12.0. The van der Waals surface area contributed by atoms with Gasteiger partial charge in [0.05, 0.1) is 20.3 Å². The Morgan fingerprint density at radius 3 is 2.44 bits per heavy atom. The van der Waals surface area contributed by atoms with E-state index in [0.29, 0.717) is 32.6 Å². The molecule has 1 N–H and O–H groups in total. The van der Waals surface area contributed by atoms with E-state index in [0.717, 1.165) is 22.8 Å². The van der Waals surface area contributed by atoms with Gasteiger partial charge in [0.1, 0.15) is 17.2 Å². The van der Waals surface area contributed by atoms with Crippen LogP contribution in [-0.4, -0.2) is 26.2 Å². The van der Waals surface area contributed by atoms with Crippen LogP contribution >= 0.6 is 0 Å². The minimum absolute atomic E-state index is 0.00429. The Balaban J connectivity index is 1.67. The third-order valence-corrected chi connectivity index (χ3v) is 3.62. The third-order valence-electron chi connectivity index (χ3n) is 3.62. The zero-order valence-electron chi connectivity index (χ0n) is 14.8. The Morgan fingerprint density at radius 1 is 1.00 bits per heavy atom. The maximum absolute atomic E-state index is 12.0. The predicted molar refractivity (Wildman–Crippen MR) is 97.2 cm³/mol. The molecule has 0 aliphatic heterocycles. The summed E-state index contributed by atoms with van der Waals surface area (Å²) in [4.78, 5) is 12.0. The van der Waals surface area contributed by atoms with Crippen LogP contribution in [0.3, 0.4) is 0 Å². The van der Waals surface area contributed by atoms with Crippen molar-refractivity contribution < 1.29 is 19.0 Å². The van der Waals surface area contributed by atoms with Crippen molar-refractivity contribution in [2.24, 2.45) is 0 Å². The lowest BCUT2D eigenvalue weighted by molar-refractivity contribution is -0.121. The van der Waals surface area contributed by atoms with Crippen LogP contribution in [0, 0.1) is 0 Å². The van der Waals surface area contributed by atoms with Gasteiger partial charge >= 0.3 is 0 Å². The molecule has 0 heterocycles. The molecule has 0 saturated carbocycles. The van der Waals surface area contributed by atoms with Gasteiger partial charge in [-0.3, -0.25) is 4.79 Å². The lowest BCUT2D eigenvalue weighted by Crippen LogP contribution is -2.23. The molecule has 25 heavy (non-hydrogen) atoms. The van der Waals surface area contributed by atoms with Crippen LogP contribution in [0.15, 0.2) is 48.5 Å². The highest BCUT2D eigenvalue weighted by Crippen LogP contribution is 2.18. The molecule has 0 unspecified atom stereocenters. The van der Waals surface area contributed by atoms with Gasteiger partial charge in [0.15, 0.2) is 0 Å². The fourth-order valence-corrected chi connectivity index (χ4v) is 2.32. The molecule has 0 spiro atoms. The Morgan fingerprint density at radius 2 is 1.72 bits per heavy atom. The molecule has 2 rings (SSSR count). The minimum Gasteiger partial charge on any atom is -0.497 e. The minimum atomic E-state index is 0.00429. The quantitative estimate of drug-likeness (QED) is 0.670. The van der Waals surface area contributed by atoms with Crippen molar-refractivity contribution in [1.82, 2.24) is 5.32 Å². The van der Waals surface area contributed by atoms with Crippen molar-refractivity contribution in [2.45, 2.75) is 26.3 Å². The van der Waals surface area contributed by atoms with E-state index in [1.54, 1.807) is 7.11 Å². The number of rotatable bonds is 10. The van der Waals surface area contributed by atoms with Crippen LogP contribution in [0.1, 0.15) is 25.3 Å². The summed E-state index contributed by atoms with van der Waals surface area (Å²) in [6, 6.07) is 15.1. The number of hydrogen-bond donors (Lipinski definition) is 1. The third kappa shape index (κ3) is 6.37. The zero-order chi connectivity index (χ0) is 17.9. The highest BCUT2D eigenvalue weighted by Gasteiger charge is 2.06. The second kappa shape index (κ2) is 10.2. The zero-order valence-corrected chi connectivity index (χ0v) is 14.8. The lowest BCUT2D eigenvalue weighted by atomic mass is 10.2. The average molecular weight is 343 g/mol. The van der Waals surface area contributed by atoms with E-state index < -0.39 is 0 Å². The summed E-state index contributed by atoms with van der Waals surface area (Å²) in [6.45, 7) is 3.51. The van der Waals surface area contributed by atoms with Crippen LogP contribution in [-0.2, 0) is 11.3 Å². The molecule has 0 saturated heterocycles. The first-order valence-electron chi connectivity index (χ1n) is 8.47. The normalized spacial score (nSPS) is 10.2. The van der Waals surface area contributed by atoms with Gasteiger partial charge in [-0.2, -0.15) is 0 Å². The van der Waals surface area contributed by atoms with Gasteiger partial charge < -0.3 is 19.5 Å². The first-order chi connectivity index (χ1) is 12.2. The molecule has 5 nitrogen and oxygen atoms in total. The number of benzene rings is 2. The van der Waals surface area contributed by atoms with E-state index in [2.05, 4.69) is 5.32 Å². The Bertz CT molecular complexity index is 655. The fourth-order valence-electron chi connectivity index (χ4n) is 2.32. The maximum Gasteiger partial charge on any atom is 0.220 e. The molecule has 1 amide bonds. The van der Waals surface area contributed by atoms with E-state index in [9.17, 15) is 4.79 Å². The van der Waals surface area contributed by atoms with Gasteiger partial charge in [0, 0.05) is 18.5 Å². The van der Waals surface area contributed by atoms with E-state index in [1.807, 2.05) is 55.5 Å². The number of carbonyl (C=O) groups is 1. The van der Waals surface area contributed by atoms with E-state index in [1.165, 1.54) is 0 Å². The number of ether oxygens (including phenoxy) is 3. The summed E-state index contributed by atoms with van der Waals surface area (Å²) in [6.07, 6.45) is 1.08. The second-order valence-electron chi connectivity index (χ2n) is 5.45. The first kappa shape index (κ1) is 18.6. The van der Waals surface area contributed by atoms with E-state index in [4.69, 9.17) is 14.2 Å². The largest absolute Gasteiger partial charge is 0.497 e. The number of methoxy groups -OCH3 is 1. The van der Waals surface area contributed by atoms with Crippen LogP contribution in [0.5, 0.6) is 17.2 Å². The van der Waals surface area contributed by atoms with Crippen molar-refractivity contribution in [3.8, 4) is 17.2 Å². The Labute approximate surface area is 148 Å². The number of hydrogen-bond acceptors (Lipinski definition) is 4. The van der Waals surface area contributed by atoms with Gasteiger partial charge in [-0.1, -0.05) is 18.2 Å². The molecule has 0 aromatic heterocycles. The number of amides is 1. The average Bonchev–Trinajstić information content (AvgIpc) is 2.65. The number of nitrogens with one attached hydrogen (secondary N) is 1. The van der Waals surface area contributed by atoms with Crippen LogP contribution in [0.4, 0.5) is 0 Å². The van der Waals surface area contributed by atoms with Gasteiger partial charge in [0.25, 0.3) is 0 Å². The summed E-state index contributed by atoms with van der Waals surface area (Å²) in [7, 11) is 1.63. The highest BCUT2D eigenvalue weighted by molar-refractivity contribution is 5.75. The standard InChI is InChI=1S/C20H25NO4/c1-3-24-19-8-5-4-7-16(19)15-21-20(22)9-6-14-25-18-12-10-17(23-2)11-13-18/h4-5,7-8,10-13H,3,6,9,14-15H2,1-2H3,(H,21,22). The molecule has 5 heteroatoms. The molecule has 0 fully saturated rings. The van der Waals surface area contributed by atoms with Gasteiger partial charge in [-0.05, 0) is 43.7 Å². The Hall–Kier alpha value is -2.69. The summed E-state index contributed by atoms with van der Waals surface area (Å²) >= 11 is 0. The van der Waals surface area contributed by atoms with Crippen molar-refractivity contribution in [3.05, 3.63) is 54.1 Å². The van der Waals surface area contributed by atoms with Crippen molar-refractivity contribution in [1.29, 1.82) is 0 Å². The van der Waals surface area contributed by atoms with E-state index in [-0.39, 0.29) is 5.91 Å². The smallest absolute Gasteiger partial charge is 0.220 e. The molecular weight excluding hydrogens is 318 g/mol. The summed E-state index contributed by atoms with van der Waals surface area (Å²) < 4.78 is 16.3. The number of carbonyl (C=O) groups excluding carboxylic acids is 1. The number of para-hydroxylation sites is 1. The predicted octanol–water partition coefficient (Wildman–Crippen LogP) is 3.57. The molecule has 0 aliphatic carbocycles. The van der Waals surface area contributed by atoms with Crippen molar-refractivity contribution >= 4 is 5.91 Å². The van der Waals surface area contributed by atoms with E-state index >= 15 is 0 Å². The molecule has 2 aromatic rings. The SMILES string of the molecule is CCOc1ccccc1CNC(=O)CCCOc1ccc(OC)cc1. The molecular formula is C20H25NO4. The molecule has 0 bridgehead atoms. The first-order valence-corrected chi connectivity index (χ1v) is 8.47. The van der Waals surface area contributed by atoms with Gasteiger partial charge in [-0.15, -0.1) is 0 Å². The highest BCUT2D eigenvalue weighted by atomic mass is 16.5. The van der Waals surface area contributed by atoms with Crippen LogP contribution in [0.25, 0.3) is 0 Å². The molecule has 0 aliphatic rings.